The summed E-state index contributed by atoms with van der Waals surface area (Å²) in [6.07, 6.45) is 18.8. The molecule has 150 valence electrons. The molecule has 26 heavy (non-hydrogen) atoms. The molecule has 0 heterocycles. The third kappa shape index (κ3) is 6.86. The van der Waals surface area contributed by atoms with E-state index in [1.807, 2.05) is 6.08 Å². The molecule has 1 saturated carbocycles. The second-order valence-corrected chi connectivity index (χ2v) is 7.79. The van der Waals surface area contributed by atoms with Crippen molar-refractivity contribution in [3.8, 4) is 0 Å². The summed E-state index contributed by atoms with van der Waals surface area (Å²) >= 11 is 0. The van der Waals surface area contributed by atoms with Crippen LogP contribution in [0.2, 0.25) is 0 Å². The standard InChI is InChI=1S/C21H36O5/c1-3-4-5-6-7-8-12-17-14-11-15-18(17)13-9-10-16-20(2,24)21(25,26)19(22)23/h8-10,12,17-18,24-26H,3-7,11,13-16H2,1-2H3,(H,22,23)/b10-9-,12-8+/t17-,18-,20?/m0/s1. The molecule has 1 fully saturated rings. The first-order valence-corrected chi connectivity index (χ1v) is 9.94. The molecule has 4 N–H and O–H groups in total. The number of aliphatic carboxylic acids is 1. The predicted octanol–water partition coefficient (Wildman–Crippen LogP) is 3.78. The Kier molecular flexibility index (Phi) is 9.55. The number of hydrogen-bond donors (Lipinski definition) is 4. The number of hydrogen-bond acceptors (Lipinski definition) is 4. The van der Waals surface area contributed by atoms with E-state index in [0.29, 0.717) is 11.8 Å². The van der Waals surface area contributed by atoms with Crippen LogP contribution in [0.3, 0.4) is 0 Å². The van der Waals surface area contributed by atoms with Crippen molar-refractivity contribution in [1.29, 1.82) is 0 Å². The summed E-state index contributed by atoms with van der Waals surface area (Å²) in [6.45, 7) is 3.33. The number of unbranched alkanes of at least 4 members (excludes halogenated alkanes) is 4. The van der Waals surface area contributed by atoms with E-state index in [-0.39, 0.29) is 6.42 Å². The molecule has 0 bridgehead atoms. The summed E-state index contributed by atoms with van der Waals surface area (Å²) in [4.78, 5) is 10.8. The lowest BCUT2D eigenvalue weighted by molar-refractivity contribution is -0.265. The number of carboxylic acid groups (broad SMARTS) is 1. The first kappa shape index (κ1) is 22.9. The SMILES string of the molecule is CCCCCC/C=C/[C@H]1CCC[C@@H]1C/C=C\CC(C)(O)C(O)(O)C(=O)O. The Labute approximate surface area is 157 Å². The molecule has 1 aliphatic carbocycles. The first-order chi connectivity index (χ1) is 12.2. The van der Waals surface area contributed by atoms with Crippen LogP contribution in [0.4, 0.5) is 0 Å². The van der Waals surface area contributed by atoms with Crippen molar-refractivity contribution in [2.75, 3.05) is 0 Å². The van der Waals surface area contributed by atoms with E-state index in [4.69, 9.17) is 5.11 Å². The maximum atomic E-state index is 10.8. The van der Waals surface area contributed by atoms with Crippen LogP contribution >= 0.6 is 0 Å². The second kappa shape index (κ2) is 10.9. The molecule has 5 nitrogen and oxygen atoms in total. The van der Waals surface area contributed by atoms with E-state index in [9.17, 15) is 20.1 Å². The lowest BCUT2D eigenvalue weighted by Gasteiger charge is -2.32. The maximum Gasteiger partial charge on any atom is 0.367 e. The van der Waals surface area contributed by atoms with Crippen LogP contribution in [0.1, 0.15) is 78.1 Å². The molecular weight excluding hydrogens is 332 g/mol. The minimum Gasteiger partial charge on any atom is -0.477 e. The minimum absolute atomic E-state index is 0.128. The van der Waals surface area contributed by atoms with Crippen molar-refractivity contribution in [2.24, 2.45) is 11.8 Å². The van der Waals surface area contributed by atoms with Crippen LogP contribution in [0, 0.1) is 11.8 Å². The molecule has 0 aromatic heterocycles. The van der Waals surface area contributed by atoms with Crippen molar-refractivity contribution in [3.63, 3.8) is 0 Å². The Balaban J connectivity index is 2.42. The van der Waals surface area contributed by atoms with Crippen LogP contribution in [0.5, 0.6) is 0 Å². The Hall–Kier alpha value is -1.17. The summed E-state index contributed by atoms with van der Waals surface area (Å²) in [6, 6.07) is 0. The molecule has 3 atom stereocenters. The lowest BCUT2D eigenvalue weighted by atomic mass is 9.89. The summed E-state index contributed by atoms with van der Waals surface area (Å²) < 4.78 is 0. The van der Waals surface area contributed by atoms with Gasteiger partial charge in [0.25, 0.3) is 5.79 Å². The number of carbonyl (C=O) groups is 1. The van der Waals surface area contributed by atoms with Gasteiger partial charge < -0.3 is 20.4 Å². The average Bonchev–Trinajstić information content (AvgIpc) is 3.02. The third-order valence-corrected chi connectivity index (χ3v) is 5.50. The summed E-state index contributed by atoms with van der Waals surface area (Å²) in [5.74, 6) is -3.86. The van der Waals surface area contributed by atoms with Crippen LogP contribution in [0.15, 0.2) is 24.3 Å². The molecule has 0 amide bonds. The molecule has 1 rings (SSSR count). The van der Waals surface area contributed by atoms with Crippen molar-refractivity contribution >= 4 is 5.97 Å². The normalized spacial score (nSPS) is 23.7. The molecule has 5 heteroatoms. The molecular formula is C21H36O5. The molecule has 1 unspecified atom stereocenters. The van der Waals surface area contributed by atoms with Crippen LogP contribution in [-0.4, -0.2) is 37.8 Å². The zero-order valence-electron chi connectivity index (χ0n) is 16.2. The predicted molar refractivity (Wildman–Crippen MR) is 103 cm³/mol. The second-order valence-electron chi connectivity index (χ2n) is 7.79. The fourth-order valence-corrected chi connectivity index (χ4v) is 3.53. The van der Waals surface area contributed by atoms with E-state index in [2.05, 4.69) is 19.1 Å². The van der Waals surface area contributed by atoms with Gasteiger partial charge in [0.2, 0.25) is 0 Å². The number of carboxylic acids is 1. The van der Waals surface area contributed by atoms with E-state index in [0.717, 1.165) is 19.8 Å². The van der Waals surface area contributed by atoms with Gasteiger partial charge in [-0.1, -0.05) is 56.9 Å². The molecule has 0 aromatic rings. The van der Waals surface area contributed by atoms with Gasteiger partial charge in [0.1, 0.15) is 5.60 Å². The number of aliphatic hydroxyl groups is 3. The van der Waals surface area contributed by atoms with Crippen molar-refractivity contribution in [1.82, 2.24) is 0 Å². The zero-order chi connectivity index (χ0) is 19.6. The first-order valence-electron chi connectivity index (χ1n) is 9.94. The third-order valence-electron chi connectivity index (χ3n) is 5.50. The Morgan fingerprint density at radius 3 is 2.46 bits per heavy atom. The largest absolute Gasteiger partial charge is 0.477 e. The maximum absolute atomic E-state index is 10.8. The molecule has 0 aliphatic heterocycles. The quantitative estimate of drug-likeness (QED) is 0.239. The van der Waals surface area contributed by atoms with E-state index >= 15 is 0 Å². The van der Waals surface area contributed by atoms with Gasteiger partial charge in [-0.05, 0) is 57.3 Å². The van der Waals surface area contributed by atoms with Gasteiger partial charge >= 0.3 is 5.97 Å². The number of rotatable bonds is 12. The van der Waals surface area contributed by atoms with E-state index in [1.54, 1.807) is 6.08 Å². The van der Waals surface area contributed by atoms with Crippen LogP contribution in [0.25, 0.3) is 0 Å². The molecule has 0 saturated heterocycles. The summed E-state index contributed by atoms with van der Waals surface area (Å²) in [7, 11) is 0. The molecule has 0 spiro atoms. The summed E-state index contributed by atoms with van der Waals surface area (Å²) in [5, 5.41) is 37.8. The summed E-state index contributed by atoms with van der Waals surface area (Å²) in [5.41, 5.74) is -2.14. The van der Waals surface area contributed by atoms with Gasteiger partial charge in [-0.2, -0.15) is 0 Å². The van der Waals surface area contributed by atoms with Gasteiger partial charge in [0, 0.05) is 0 Å². The van der Waals surface area contributed by atoms with Crippen molar-refractivity contribution < 1.29 is 25.2 Å². The van der Waals surface area contributed by atoms with Crippen LogP contribution in [-0.2, 0) is 4.79 Å². The Morgan fingerprint density at radius 1 is 1.08 bits per heavy atom. The average molecular weight is 369 g/mol. The number of allylic oxidation sites excluding steroid dienone is 3. The van der Waals surface area contributed by atoms with Crippen molar-refractivity contribution in [3.05, 3.63) is 24.3 Å². The highest BCUT2D eigenvalue weighted by molar-refractivity contribution is 5.76. The smallest absolute Gasteiger partial charge is 0.367 e. The molecule has 0 aromatic carbocycles. The van der Waals surface area contributed by atoms with Gasteiger partial charge in [0.05, 0.1) is 0 Å². The highest BCUT2D eigenvalue weighted by Crippen LogP contribution is 2.35. The highest BCUT2D eigenvalue weighted by Gasteiger charge is 2.50. The van der Waals surface area contributed by atoms with E-state index in [1.165, 1.54) is 44.9 Å². The Bertz CT molecular complexity index is 479. The minimum atomic E-state index is -3.16. The fourth-order valence-electron chi connectivity index (χ4n) is 3.53. The highest BCUT2D eigenvalue weighted by atomic mass is 16.6. The van der Waals surface area contributed by atoms with Gasteiger partial charge in [-0.15, -0.1) is 0 Å². The lowest BCUT2D eigenvalue weighted by Crippen LogP contribution is -2.57. The van der Waals surface area contributed by atoms with E-state index < -0.39 is 17.4 Å². The van der Waals surface area contributed by atoms with Crippen molar-refractivity contribution in [2.45, 2.75) is 89.4 Å². The molecule has 0 radical (unpaired) electrons. The van der Waals surface area contributed by atoms with Gasteiger partial charge in [-0.3, -0.25) is 0 Å². The van der Waals surface area contributed by atoms with Crippen LogP contribution < -0.4 is 0 Å². The van der Waals surface area contributed by atoms with Gasteiger partial charge in [0.15, 0.2) is 0 Å². The topological polar surface area (TPSA) is 98.0 Å². The fraction of sp³-hybridized carbons (Fsp3) is 0.762. The monoisotopic (exact) mass is 368 g/mol. The van der Waals surface area contributed by atoms with Gasteiger partial charge in [-0.25, -0.2) is 4.79 Å². The Morgan fingerprint density at radius 2 is 1.81 bits per heavy atom. The zero-order valence-corrected chi connectivity index (χ0v) is 16.2. The molecule has 1 aliphatic rings.